The van der Waals surface area contributed by atoms with Crippen LogP contribution in [0.2, 0.25) is 0 Å². The second kappa shape index (κ2) is 4.77. The van der Waals surface area contributed by atoms with Gasteiger partial charge in [0.25, 0.3) is 0 Å². The fraction of sp³-hybridized carbons (Fsp3) is 0.667. The number of methoxy groups -OCH3 is 1. The molecule has 2 nitrogen and oxygen atoms in total. The molecule has 1 saturated carbocycles. The van der Waals surface area contributed by atoms with Gasteiger partial charge in [0.05, 0.1) is 7.11 Å². The minimum absolute atomic E-state index is 0.0771. The van der Waals surface area contributed by atoms with Crippen molar-refractivity contribution in [3.05, 3.63) is 29.3 Å². The van der Waals surface area contributed by atoms with Crippen molar-refractivity contribution in [1.29, 1.82) is 0 Å². The lowest BCUT2D eigenvalue weighted by molar-refractivity contribution is -0.0179. The van der Waals surface area contributed by atoms with Gasteiger partial charge in [0, 0.05) is 6.61 Å². The summed E-state index contributed by atoms with van der Waals surface area (Å²) in [6, 6.07) is 6.56. The molecule has 0 aliphatic heterocycles. The number of aliphatic hydroxyl groups excluding tert-OH is 1. The number of aliphatic hydroxyl groups is 1. The van der Waals surface area contributed by atoms with Crippen LogP contribution >= 0.6 is 0 Å². The Kier molecular flexibility index (Phi) is 3.32. The van der Waals surface area contributed by atoms with E-state index < -0.39 is 0 Å². The number of hydrogen-bond donors (Lipinski definition) is 1. The van der Waals surface area contributed by atoms with Crippen molar-refractivity contribution in [3.8, 4) is 5.75 Å². The molecule has 0 heterocycles. The smallest absolute Gasteiger partial charge is 0.119 e. The van der Waals surface area contributed by atoms with Gasteiger partial charge >= 0.3 is 0 Å². The molecule has 2 aliphatic rings. The topological polar surface area (TPSA) is 29.5 Å². The first kappa shape index (κ1) is 13.9. The molecule has 1 fully saturated rings. The third-order valence-electron chi connectivity index (χ3n) is 6.05. The zero-order valence-electron chi connectivity index (χ0n) is 12.9. The maximum Gasteiger partial charge on any atom is 0.119 e. The highest BCUT2D eigenvalue weighted by molar-refractivity contribution is 5.43. The summed E-state index contributed by atoms with van der Waals surface area (Å²) >= 11 is 0. The van der Waals surface area contributed by atoms with E-state index in [4.69, 9.17) is 4.74 Å². The molecular formula is C18H26O2. The minimum Gasteiger partial charge on any atom is -0.497 e. The first-order valence-electron chi connectivity index (χ1n) is 7.82. The van der Waals surface area contributed by atoms with Crippen LogP contribution < -0.4 is 4.74 Å². The summed E-state index contributed by atoms with van der Waals surface area (Å²) in [5.41, 5.74) is 3.21. The lowest BCUT2D eigenvalue weighted by Gasteiger charge is -2.55. The van der Waals surface area contributed by atoms with Gasteiger partial charge in [0.2, 0.25) is 0 Å². The van der Waals surface area contributed by atoms with Crippen LogP contribution in [0.15, 0.2) is 18.2 Å². The normalized spacial score (nSPS) is 36.1. The molecule has 3 atom stereocenters. The van der Waals surface area contributed by atoms with Gasteiger partial charge in [-0.25, -0.2) is 0 Å². The zero-order chi connectivity index (χ0) is 14.4. The standard InChI is InChI=1S/C18H26O2/c1-17(12-19)9-4-10-18(2)15-11-14(20-3)7-5-13(15)6-8-16(17)18/h5,7,11,16,19H,4,6,8-10,12H2,1-3H3/t16-,17+,18-/m0/s1. The Morgan fingerprint density at radius 3 is 2.80 bits per heavy atom. The third kappa shape index (κ3) is 1.88. The first-order chi connectivity index (χ1) is 9.53. The molecule has 1 aromatic rings. The molecule has 1 aromatic carbocycles. The monoisotopic (exact) mass is 274 g/mol. The van der Waals surface area contributed by atoms with Crippen LogP contribution in [0.25, 0.3) is 0 Å². The molecule has 1 N–H and O–H groups in total. The summed E-state index contributed by atoms with van der Waals surface area (Å²) in [5.74, 6) is 1.54. The van der Waals surface area contributed by atoms with Crippen LogP contribution in [-0.4, -0.2) is 18.8 Å². The Balaban J connectivity index is 2.09. The quantitative estimate of drug-likeness (QED) is 0.891. The number of ether oxygens (including phenoxy) is 1. The maximum atomic E-state index is 9.93. The lowest BCUT2D eigenvalue weighted by atomic mass is 9.50. The molecular weight excluding hydrogens is 248 g/mol. The fourth-order valence-corrected chi connectivity index (χ4v) is 4.89. The number of aryl methyl sites for hydroxylation is 1. The molecule has 2 aliphatic carbocycles. The second-order valence-electron chi connectivity index (χ2n) is 7.20. The molecule has 0 amide bonds. The van der Waals surface area contributed by atoms with Crippen LogP contribution in [0.5, 0.6) is 5.75 Å². The van der Waals surface area contributed by atoms with Crippen LogP contribution in [0.1, 0.15) is 50.7 Å². The highest BCUT2D eigenvalue weighted by Gasteiger charge is 2.51. The van der Waals surface area contributed by atoms with E-state index in [9.17, 15) is 5.11 Å². The molecule has 0 aromatic heterocycles. The van der Waals surface area contributed by atoms with Gasteiger partial charge < -0.3 is 9.84 Å². The van der Waals surface area contributed by atoms with Crippen molar-refractivity contribution in [3.63, 3.8) is 0 Å². The maximum absolute atomic E-state index is 9.93. The van der Waals surface area contributed by atoms with E-state index in [1.54, 1.807) is 7.11 Å². The fourth-order valence-electron chi connectivity index (χ4n) is 4.89. The largest absolute Gasteiger partial charge is 0.497 e. The Bertz CT molecular complexity index is 510. The van der Waals surface area contributed by atoms with Gasteiger partial charge in [-0.1, -0.05) is 26.3 Å². The Morgan fingerprint density at radius 1 is 1.30 bits per heavy atom. The minimum atomic E-state index is 0.0771. The molecule has 0 unspecified atom stereocenters. The van der Waals surface area contributed by atoms with Crippen molar-refractivity contribution < 1.29 is 9.84 Å². The van der Waals surface area contributed by atoms with Crippen molar-refractivity contribution in [1.82, 2.24) is 0 Å². The number of fused-ring (bicyclic) bond motifs is 3. The Morgan fingerprint density at radius 2 is 2.10 bits per heavy atom. The zero-order valence-corrected chi connectivity index (χ0v) is 12.9. The summed E-state index contributed by atoms with van der Waals surface area (Å²) in [4.78, 5) is 0. The van der Waals surface area contributed by atoms with Crippen LogP contribution in [-0.2, 0) is 11.8 Å². The van der Waals surface area contributed by atoms with Gasteiger partial charge in [-0.2, -0.15) is 0 Å². The van der Waals surface area contributed by atoms with Gasteiger partial charge in [-0.3, -0.25) is 0 Å². The Hall–Kier alpha value is -1.02. The Labute approximate surface area is 122 Å². The molecule has 0 saturated heterocycles. The average molecular weight is 274 g/mol. The lowest BCUT2D eigenvalue weighted by Crippen LogP contribution is -2.50. The number of hydrogen-bond acceptors (Lipinski definition) is 2. The van der Waals surface area contributed by atoms with Gasteiger partial charge in [-0.15, -0.1) is 0 Å². The van der Waals surface area contributed by atoms with E-state index in [2.05, 4.69) is 32.0 Å². The van der Waals surface area contributed by atoms with Crippen LogP contribution in [0.4, 0.5) is 0 Å². The molecule has 0 spiro atoms. The van der Waals surface area contributed by atoms with Crippen LogP contribution in [0.3, 0.4) is 0 Å². The van der Waals surface area contributed by atoms with E-state index in [0.29, 0.717) is 12.5 Å². The molecule has 3 rings (SSSR count). The predicted octanol–water partition coefficient (Wildman–Crippen LogP) is 3.70. The highest BCUT2D eigenvalue weighted by atomic mass is 16.5. The van der Waals surface area contributed by atoms with E-state index in [1.165, 1.54) is 30.4 Å². The number of rotatable bonds is 2. The molecule has 0 bridgehead atoms. The van der Waals surface area contributed by atoms with Crippen molar-refractivity contribution in [2.24, 2.45) is 11.3 Å². The van der Waals surface area contributed by atoms with E-state index in [1.807, 2.05) is 0 Å². The highest BCUT2D eigenvalue weighted by Crippen LogP contribution is 2.57. The summed E-state index contributed by atoms with van der Waals surface area (Å²) in [5, 5.41) is 9.93. The van der Waals surface area contributed by atoms with E-state index >= 15 is 0 Å². The van der Waals surface area contributed by atoms with Gasteiger partial charge in [-0.05, 0) is 65.7 Å². The van der Waals surface area contributed by atoms with Crippen LogP contribution in [0, 0.1) is 11.3 Å². The van der Waals surface area contributed by atoms with Crippen molar-refractivity contribution >= 4 is 0 Å². The van der Waals surface area contributed by atoms with E-state index in [0.717, 1.165) is 18.6 Å². The molecule has 20 heavy (non-hydrogen) atoms. The third-order valence-corrected chi connectivity index (χ3v) is 6.05. The summed E-state index contributed by atoms with van der Waals surface area (Å²) < 4.78 is 5.43. The molecule has 110 valence electrons. The predicted molar refractivity (Wildman–Crippen MR) is 81.2 cm³/mol. The van der Waals surface area contributed by atoms with E-state index in [-0.39, 0.29) is 10.8 Å². The van der Waals surface area contributed by atoms with Crippen molar-refractivity contribution in [2.75, 3.05) is 13.7 Å². The number of benzene rings is 1. The molecule has 0 radical (unpaired) electrons. The second-order valence-corrected chi connectivity index (χ2v) is 7.20. The summed E-state index contributed by atoms with van der Waals surface area (Å²) in [7, 11) is 1.74. The molecule has 2 heteroatoms. The van der Waals surface area contributed by atoms with Gasteiger partial charge in [0.15, 0.2) is 0 Å². The average Bonchev–Trinajstić information content (AvgIpc) is 2.46. The van der Waals surface area contributed by atoms with Gasteiger partial charge in [0.1, 0.15) is 5.75 Å². The summed E-state index contributed by atoms with van der Waals surface area (Å²) in [6.45, 7) is 5.00. The first-order valence-corrected chi connectivity index (χ1v) is 7.82. The SMILES string of the molecule is COc1ccc2c(c1)[C@]1(C)CCC[C@](C)(CO)[C@@H]1CC2. The summed E-state index contributed by atoms with van der Waals surface area (Å²) in [6.07, 6.45) is 5.93. The van der Waals surface area contributed by atoms with Crippen molar-refractivity contribution in [2.45, 2.75) is 51.4 Å².